The molecular formula is C10H6F3N3O3. The van der Waals surface area contributed by atoms with E-state index < -0.39 is 29.1 Å². The molecule has 0 spiro atoms. The summed E-state index contributed by atoms with van der Waals surface area (Å²) < 4.78 is 37.2. The molecule has 0 unspecified atom stereocenters. The van der Waals surface area contributed by atoms with Crippen LogP contribution in [0.4, 0.5) is 24.5 Å². The standard InChI is InChI=1S/C10H6F3N3O3/c11-10(12,13)8-5-9(17)15(14-8)6-1-3-7(4-2-6)16(18)19/h1-4H,5H2. The highest BCUT2D eigenvalue weighted by molar-refractivity contribution is 6.14. The van der Waals surface area contributed by atoms with Crippen molar-refractivity contribution in [3.8, 4) is 0 Å². The zero-order chi connectivity index (χ0) is 14.2. The highest BCUT2D eigenvalue weighted by atomic mass is 19.4. The number of non-ortho nitro benzene ring substituents is 1. The first-order valence-corrected chi connectivity index (χ1v) is 5.01. The van der Waals surface area contributed by atoms with Gasteiger partial charge < -0.3 is 0 Å². The fourth-order valence-corrected chi connectivity index (χ4v) is 1.50. The topological polar surface area (TPSA) is 75.8 Å². The average Bonchev–Trinajstić information content (AvgIpc) is 2.71. The third kappa shape index (κ3) is 2.54. The number of nitro benzene ring substituents is 1. The summed E-state index contributed by atoms with van der Waals surface area (Å²) in [6, 6.07) is 4.51. The molecule has 1 aliphatic rings. The molecule has 19 heavy (non-hydrogen) atoms. The van der Waals surface area contributed by atoms with Crippen molar-refractivity contribution in [1.82, 2.24) is 0 Å². The van der Waals surface area contributed by atoms with E-state index in [1.807, 2.05) is 0 Å². The number of hydrogen-bond acceptors (Lipinski definition) is 4. The number of rotatable bonds is 2. The molecule has 1 heterocycles. The fraction of sp³-hybridized carbons (Fsp3) is 0.200. The van der Waals surface area contributed by atoms with Crippen LogP contribution in [0.15, 0.2) is 29.4 Å². The minimum atomic E-state index is -4.66. The van der Waals surface area contributed by atoms with E-state index >= 15 is 0 Å². The molecule has 0 aliphatic carbocycles. The van der Waals surface area contributed by atoms with E-state index in [1.165, 1.54) is 12.1 Å². The summed E-state index contributed by atoms with van der Waals surface area (Å²) in [5, 5.41) is 14.2. The number of anilines is 1. The van der Waals surface area contributed by atoms with Crippen molar-refractivity contribution in [3.05, 3.63) is 34.4 Å². The Morgan fingerprint density at radius 2 is 1.84 bits per heavy atom. The Morgan fingerprint density at radius 3 is 2.26 bits per heavy atom. The van der Waals surface area contributed by atoms with Gasteiger partial charge in [-0.25, -0.2) is 5.01 Å². The number of carbonyl (C=O) groups excluding carboxylic acids is 1. The van der Waals surface area contributed by atoms with Gasteiger partial charge in [0.15, 0.2) is 5.71 Å². The predicted molar refractivity (Wildman–Crippen MR) is 58.7 cm³/mol. The molecule has 0 saturated heterocycles. The van der Waals surface area contributed by atoms with E-state index in [1.54, 1.807) is 0 Å². The lowest BCUT2D eigenvalue weighted by Gasteiger charge is -2.10. The second-order valence-electron chi connectivity index (χ2n) is 3.70. The molecule has 0 radical (unpaired) electrons. The first kappa shape index (κ1) is 13.0. The Kier molecular flexibility index (Phi) is 2.97. The number of alkyl halides is 3. The Bertz CT molecular complexity index is 566. The maximum Gasteiger partial charge on any atom is 0.431 e. The molecule has 0 atom stereocenters. The molecule has 100 valence electrons. The summed E-state index contributed by atoms with van der Waals surface area (Å²) in [4.78, 5) is 21.2. The molecule has 0 N–H and O–H groups in total. The lowest BCUT2D eigenvalue weighted by Crippen LogP contribution is -2.22. The molecule has 1 aromatic carbocycles. The van der Waals surface area contributed by atoms with Crippen LogP contribution in [0.2, 0.25) is 0 Å². The van der Waals surface area contributed by atoms with Crippen molar-refractivity contribution in [1.29, 1.82) is 0 Å². The van der Waals surface area contributed by atoms with Crippen LogP contribution in [0.1, 0.15) is 6.42 Å². The van der Waals surface area contributed by atoms with Crippen LogP contribution in [0.3, 0.4) is 0 Å². The van der Waals surface area contributed by atoms with E-state index in [9.17, 15) is 28.1 Å². The summed E-state index contributed by atoms with van der Waals surface area (Å²) in [5.41, 5.74) is -1.36. The second-order valence-corrected chi connectivity index (χ2v) is 3.70. The number of hydrazone groups is 1. The number of amides is 1. The molecule has 0 aromatic heterocycles. The highest BCUT2D eigenvalue weighted by Gasteiger charge is 2.42. The Morgan fingerprint density at radius 1 is 1.26 bits per heavy atom. The molecule has 0 fully saturated rings. The minimum Gasteiger partial charge on any atom is -0.272 e. The first-order chi connectivity index (χ1) is 8.79. The molecule has 0 bridgehead atoms. The average molecular weight is 273 g/mol. The summed E-state index contributed by atoms with van der Waals surface area (Å²) >= 11 is 0. The number of nitrogens with zero attached hydrogens (tertiary/aromatic N) is 3. The van der Waals surface area contributed by atoms with Crippen LogP contribution in [0.5, 0.6) is 0 Å². The quantitative estimate of drug-likeness (QED) is 0.612. The number of carbonyl (C=O) groups is 1. The van der Waals surface area contributed by atoms with E-state index in [2.05, 4.69) is 5.10 Å². The van der Waals surface area contributed by atoms with Crippen molar-refractivity contribution >= 4 is 23.0 Å². The van der Waals surface area contributed by atoms with Crippen molar-refractivity contribution in [3.63, 3.8) is 0 Å². The van der Waals surface area contributed by atoms with Gasteiger partial charge in [0.1, 0.15) is 0 Å². The van der Waals surface area contributed by atoms with Crippen LogP contribution in [0, 0.1) is 10.1 Å². The van der Waals surface area contributed by atoms with Crippen LogP contribution >= 0.6 is 0 Å². The van der Waals surface area contributed by atoms with Gasteiger partial charge in [-0.2, -0.15) is 18.3 Å². The second kappa shape index (κ2) is 4.34. The van der Waals surface area contributed by atoms with Crippen molar-refractivity contribution in [2.45, 2.75) is 12.6 Å². The van der Waals surface area contributed by atoms with Crippen molar-refractivity contribution in [2.75, 3.05) is 5.01 Å². The molecule has 1 amide bonds. The maximum atomic E-state index is 12.4. The van der Waals surface area contributed by atoms with Gasteiger partial charge in [0.05, 0.1) is 17.0 Å². The zero-order valence-corrected chi connectivity index (χ0v) is 9.22. The van der Waals surface area contributed by atoms with Gasteiger partial charge >= 0.3 is 6.18 Å². The number of benzene rings is 1. The van der Waals surface area contributed by atoms with Gasteiger partial charge in [0.25, 0.3) is 11.6 Å². The molecule has 9 heteroatoms. The lowest BCUT2D eigenvalue weighted by atomic mass is 10.2. The van der Waals surface area contributed by atoms with E-state index in [4.69, 9.17) is 0 Å². The summed E-state index contributed by atoms with van der Waals surface area (Å²) in [6.07, 6.45) is -5.49. The van der Waals surface area contributed by atoms with Gasteiger partial charge in [-0.1, -0.05) is 0 Å². The Balaban J connectivity index is 2.29. The van der Waals surface area contributed by atoms with E-state index in [-0.39, 0.29) is 11.4 Å². The van der Waals surface area contributed by atoms with Gasteiger partial charge in [0.2, 0.25) is 0 Å². The van der Waals surface area contributed by atoms with Gasteiger partial charge in [0, 0.05) is 12.1 Å². The molecule has 0 saturated carbocycles. The van der Waals surface area contributed by atoms with Gasteiger partial charge in [-0.15, -0.1) is 0 Å². The van der Waals surface area contributed by atoms with Crippen molar-refractivity contribution in [2.24, 2.45) is 5.10 Å². The summed E-state index contributed by atoms with van der Waals surface area (Å²) in [7, 11) is 0. The largest absolute Gasteiger partial charge is 0.431 e. The number of nitro groups is 1. The zero-order valence-electron chi connectivity index (χ0n) is 9.22. The molecule has 1 aliphatic heterocycles. The van der Waals surface area contributed by atoms with E-state index in [0.717, 1.165) is 12.1 Å². The third-order valence-electron chi connectivity index (χ3n) is 2.41. The summed E-state index contributed by atoms with van der Waals surface area (Å²) in [5.74, 6) is -0.832. The smallest absolute Gasteiger partial charge is 0.272 e. The van der Waals surface area contributed by atoms with Crippen LogP contribution < -0.4 is 5.01 Å². The molecule has 1 aromatic rings. The Hall–Kier alpha value is -2.45. The number of halogens is 3. The normalized spacial score (nSPS) is 15.6. The highest BCUT2D eigenvalue weighted by Crippen LogP contribution is 2.28. The van der Waals surface area contributed by atoms with Gasteiger partial charge in [-0.05, 0) is 12.1 Å². The van der Waals surface area contributed by atoms with Crippen LogP contribution in [0.25, 0.3) is 0 Å². The number of hydrogen-bond donors (Lipinski definition) is 0. The Labute approximate surface area is 104 Å². The molecular weight excluding hydrogens is 267 g/mol. The van der Waals surface area contributed by atoms with Crippen LogP contribution in [-0.4, -0.2) is 22.7 Å². The minimum absolute atomic E-state index is 0.0508. The van der Waals surface area contributed by atoms with Crippen molar-refractivity contribution < 1.29 is 22.9 Å². The summed E-state index contributed by atoms with van der Waals surface area (Å²) in [6.45, 7) is 0. The third-order valence-corrected chi connectivity index (χ3v) is 2.41. The fourth-order valence-electron chi connectivity index (χ4n) is 1.50. The molecule has 6 nitrogen and oxygen atoms in total. The lowest BCUT2D eigenvalue weighted by molar-refractivity contribution is -0.384. The predicted octanol–water partition coefficient (Wildman–Crippen LogP) is 2.25. The van der Waals surface area contributed by atoms with E-state index in [0.29, 0.717) is 5.01 Å². The monoisotopic (exact) mass is 273 g/mol. The van der Waals surface area contributed by atoms with Gasteiger partial charge in [-0.3, -0.25) is 14.9 Å². The first-order valence-electron chi connectivity index (χ1n) is 5.01. The SMILES string of the molecule is O=C1CC(C(F)(F)F)=NN1c1ccc([N+](=O)[O-])cc1. The maximum absolute atomic E-state index is 12.4. The van der Waals surface area contributed by atoms with Crippen LogP contribution in [-0.2, 0) is 4.79 Å². The molecule has 2 rings (SSSR count).